The van der Waals surface area contributed by atoms with Crippen molar-refractivity contribution < 1.29 is 23.7 Å². The molecule has 10 nitrogen and oxygen atoms in total. The van der Waals surface area contributed by atoms with Crippen molar-refractivity contribution in [3.63, 3.8) is 0 Å². The number of ether oxygens (including phenoxy) is 4. The lowest BCUT2D eigenvalue weighted by molar-refractivity contribution is -0.132. The smallest absolute Gasteiger partial charge is 0.345 e. The summed E-state index contributed by atoms with van der Waals surface area (Å²) in [5.74, 6) is 0.778. The molecule has 37 heavy (non-hydrogen) atoms. The topological polar surface area (TPSA) is 129 Å². The van der Waals surface area contributed by atoms with E-state index in [0.717, 1.165) is 23.3 Å². The number of aryl methyl sites for hydroxylation is 1. The van der Waals surface area contributed by atoms with Crippen LogP contribution < -0.4 is 16.2 Å². The predicted octanol–water partition coefficient (Wildman–Crippen LogP) is 2.17. The molecule has 206 valence electrons. The van der Waals surface area contributed by atoms with Gasteiger partial charge in [-0.2, -0.15) is 0 Å². The fraction of sp³-hybridized carbons (Fsp3) is 0.577. The van der Waals surface area contributed by atoms with Crippen molar-refractivity contribution in [2.45, 2.75) is 44.0 Å². The van der Waals surface area contributed by atoms with Gasteiger partial charge in [-0.3, -0.25) is 4.79 Å². The minimum Gasteiger partial charge on any atom is -0.497 e. The van der Waals surface area contributed by atoms with Gasteiger partial charge in [0, 0.05) is 25.8 Å². The number of carbonyl (C=O) groups excluding carboxylic acids is 1. The van der Waals surface area contributed by atoms with Crippen LogP contribution in [0.2, 0.25) is 0 Å². The molecule has 1 aliphatic rings. The summed E-state index contributed by atoms with van der Waals surface area (Å²) in [5, 5.41) is 0.0850. The van der Waals surface area contributed by atoms with Gasteiger partial charge in [0.05, 0.1) is 51.8 Å². The van der Waals surface area contributed by atoms with Crippen LogP contribution in [-0.4, -0.2) is 85.9 Å². The van der Waals surface area contributed by atoms with Gasteiger partial charge in [-0.1, -0.05) is 31.7 Å². The first-order chi connectivity index (χ1) is 18.0. The molecule has 1 aromatic heterocycles. The zero-order chi connectivity index (χ0) is 27.0. The summed E-state index contributed by atoms with van der Waals surface area (Å²) in [6.45, 7) is 9.81. The van der Waals surface area contributed by atoms with Gasteiger partial charge in [0.1, 0.15) is 11.0 Å². The fourth-order valence-electron chi connectivity index (χ4n) is 3.62. The number of thioether (sulfide) groups is 1. The van der Waals surface area contributed by atoms with E-state index in [9.17, 15) is 9.59 Å². The largest absolute Gasteiger partial charge is 0.497 e. The Hall–Kier alpha value is -2.44. The molecule has 1 aromatic carbocycles. The SMILES string of the molecule is CC.COc1ccc2c(c1)CCN(C(=O)C(COCCOCCOCCN)Sc1[nH]c(=O)ncc1C)C2. The van der Waals surface area contributed by atoms with Crippen molar-refractivity contribution in [1.29, 1.82) is 0 Å². The lowest BCUT2D eigenvalue weighted by Crippen LogP contribution is -2.42. The van der Waals surface area contributed by atoms with Crippen LogP contribution in [0.5, 0.6) is 5.75 Å². The molecule has 0 bridgehead atoms. The van der Waals surface area contributed by atoms with Crippen LogP contribution in [0.15, 0.2) is 34.2 Å². The Morgan fingerprint density at radius 1 is 1.14 bits per heavy atom. The predicted molar refractivity (Wildman–Crippen MR) is 144 cm³/mol. The molecule has 1 atom stereocenters. The Bertz CT molecular complexity index is 1020. The highest BCUT2D eigenvalue weighted by molar-refractivity contribution is 8.00. The normalized spacial score (nSPS) is 13.4. The van der Waals surface area contributed by atoms with E-state index in [2.05, 4.69) is 9.97 Å². The fourth-order valence-corrected chi connectivity index (χ4v) is 4.71. The van der Waals surface area contributed by atoms with Gasteiger partial charge in [0.25, 0.3) is 0 Å². The van der Waals surface area contributed by atoms with Crippen LogP contribution in [0.25, 0.3) is 0 Å². The number of nitrogens with one attached hydrogen (secondary N) is 1. The van der Waals surface area contributed by atoms with Crippen molar-refractivity contribution in [3.8, 4) is 5.75 Å². The first-order valence-electron chi connectivity index (χ1n) is 12.6. The van der Waals surface area contributed by atoms with E-state index < -0.39 is 10.9 Å². The molecule has 0 fully saturated rings. The van der Waals surface area contributed by atoms with Crippen LogP contribution in [0, 0.1) is 6.92 Å². The summed E-state index contributed by atoms with van der Waals surface area (Å²) in [5.41, 5.74) is 8.02. The average molecular weight is 537 g/mol. The molecule has 11 heteroatoms. The lowest BCUT2D eigenvalue weighted by atomic mass is 9.99. The Kier molecular flexibility index (Phi) is 14.3. The second-order valence-corrected chi connectivity index (χ2v) is 9.25. The summed E-state index contributed by atoms with van der Waals surface area (Å²) >= 11 is 1.29. The highest BCUT2D eigenvalue weighted by Gasteiger charge is 2.29. The molecule has 0 saturated carbocycles. The summed E-state index contributed by atoms with van der Waals surface area (Å²) in [4.78, 5) is 33.6. The molecule has 0 radical (unpaired) electrons. The number of hydrogen-bond acceptors (Lipinski definition) is 9. The summed E-state index contributed by atoms with van der Waals surface area (Å²) in [6, 6.07) is 5.94. The molecule has 3 N–H and O–H groups in total. The monoisotopic (exact) mass is 536 g/mol. The molecule has 1 aliphatic heterocycles. The quantitative estimate of drug-likeness (QED) is 0.212. The highest BCUT2D eigenvalue weighted by atomic mass is 32.2. The van der Waals surface area contributed by atoms with Gasteiger partial charge in [-0.05, 0) is 42.2 Å². The molecule has 1 unspecified atom stereocenters. The van der Waals surface area contributed by atoms with Crippen LogP contribution in [0.4, 0.5) is 0 Å². The van der Waals surface area contributed by atoms with E-state index in [4.69, 9.17) is 24.7 Å². The number of rotatable bonds is 14. The van der Waals surface area contributed by atoms with Crippen LogP contribution in [0.3, 0.4) is 0 Å². The number of hydrogen-bond donors (Lipinski definition) is 2. The first kappa shape index (κ1) is 30.8. The molecule has 0 spiro atoms. The maximum absolute atomic E-state index is 13.5. The maximum Gasteiger partial charge on any atom is 0.345 e. The third-order valence-corrected chi connectivity index (χ3v) is 6.78. The number of nitrogens with zero attached hydrogens (tertiary/aromatic N) is 2. The number of fused-ring (bicyclic) bond motifs is 1. The number of H-pyrrole nitrogens is 1. The van der Waals surface area contributed by atoms with E-state index in [1.165, 1.54) is 23.5 Å². The van der Waals surface area contributed by atoms with Gasteiger partial charge in [0.15, 0.2) is 0 Å². The number of aromatic amines is 1. The van der Waals surface area contributed by atoms with Crippen LogP contribution in [0.1, 0.15) is 30.5 Å². The zero-order valence-corrected chi connectivity index (χ0v) is 23.1. The standard InChI is InChI=1S/C24H34N4O6S.C2H6/c1-17-14-26-24(30)27-22(17)35-21(16-34-12-11-33-10-9-32-8-6-25)23(29)28-7-5-18-13-20(31-2)4-3-19(18)15-28;1-2/h3-4,13-14,21H,5-12,15-16,25H2,1-2H3,(H,26,27,30);1-2H3. The Morgan fingerprint density at radius 2 is 1.84 bits per heavy atom. The Morgan fingerprint density at radius 3 is 2.54 bits per heavy atom. The zero-order valence-electron chi connectivity index (χ0n) is 22.3. The summed E-state index contributed by atoms with van der Waals surface area (Å²) in [6.07, 6.45) is 2.26. The second-order valence-electron chi connectivity index (χ2n) is 8.04. The van der Waals surface area contributed by atoms with E-state index in [1.54, 1.807) is 7.11 Å². The van der Waals surface area contributed by atoms with E-state index in [-0.39, 0.29) is 12.5 Å². The molecular formula is C26H40N4O6S. The molecule has 0 aliphatic carbocycles. The second kappa shape index (κ2) is 17.1. The highest BCUT2D eigenvalue weighted by Crippen LogP contribution is 2.28. The van der Waals surface area contributed by atoms with Gasteiger partial charge in [0.2, 0.25) is 5.91 Å². The number of amides is 1. The summed E-state index contributed by atoms with van der Waals surface area (Å²) < 4.78 is 21.9. The van der Waals surface area contributed by atoms with E-state index in [1.807, 2.05) is 43.9 Å². The molecule has 3 rings (SSSR count). The molecule has 1 amide bonds. The van der Waals surface area contributed by atoms with Crippen molar-refractivity contribution in [2.24, 2.45) is 5.73 Å². The number of carbonyl (C=O) groups is 1. The number of benzene rings is 1. The maximum atomic E-state index is 13.5. The van der Waals surface area contributed by atoms with Crippen molar-refractivity contribution in [2.75, 3.05) is 59.8 Å². The van der Waals surface area contributed by atoms with Crippen LogP contribution >= 0.6 is 11.8 Å². The Labute approximate surface area is 223 Å². The van der Waals surface area contributed by atoms with Crippen LogP contribution in [-0.2, 0) is 32.0 Å². The van der Waals surface area contributed by atoms with Crippen molar-refractivity contribution in [3.05, 3.63) is 51.6 Å². The van der Waals surface area contributed by atoms with Crippen molar-refractivity contribution >= 4 is 17.7 Å². The third kappa shape index (κ3) is 10.1. The van der Waals surface area contributed by atoms with E-state index >= 15 is 0 Å². The number of nitrogens with two attached hydrogens (primary N) is 1. The van der Waals surface area contributed by atoms with Gasteiger partial charge < -0.3 is 34.6 Å². The lowest BCUT2D eigenvalue weighted by Gasteiger charge is -2.32. The first-order valence-corrected chi connectivity index (χ1v) is 13.5. The minimum absolute atomic E-state index is 0.0374. The van der Waals surface area contributed by atoms with Gasteiger partial charge >= 0.3 is 5.69 Å². The van der Waals surface area contributed by atoms with Crippen molar-refractivity contribution in [1.82, 2.24) is 14.9 Å². The average Bonchev–Trinajstić information content (AvgIpc) is 2.93. The molecule has 2 aromatic rings. The molecule has 2 heterocycles. The number of methoxy groups -OCH3 is 1. The number of aromatic nitrogens is 2. The molecule has 0 saturated heterocycles. The minimum atomic E-state index is -0.528. The Balaban J connectivity index is 0.00000235. The molecular weight excluding hydrogens is 496 g/mol. The van der Waals surface area contributed by atoms with Gasteiger partial charge in [-0.25, -0.2) is 9.78 Å². The van der Waals surface area contributed by atoms with E-state index in [0.29, 0.717) is 57.7 Å². The van der Waals surface area contributed by atoms with Gasteiger partial charge in [-0.15, -0.1) is 0 Å². The summed E-state index contributed by atoms with van der Waals surface area (Å²) in [7, 11) is 1.65. The third-order valence-electron chi connectivity index (χ3n) is 5.50.